The highest BCUT2D eigenvalue weighted by Gasteiger charge is 2.58. The molecule has 0 radical (unpaired) electrons. The zero-order valence-electron chi connectivity index (χ0n) is 13.6. The van der Waals surface area contributed by atoms with Crippen LogP contribution >= 0.6 is 0 Å². The van der Waals surface area contributed by atoms with E-state index in [0.717, 1.165) is 24.0 Å². The van der Waals surface area contributed by atoms with E-state index in [4.69, 9.17) is 0 Å². The smallest absolute Gasteiger partial charge is 0.0842 e. The van der Waals surface area contributed by atoms with Gasteiger partial charge in [-0.3, -0.25) is 4.68 Å². The van der Waals surface area contributed by atoms with Gasteiger partial charge in [0, 0.05) is 25.7 Å². The van der Waals surface area contributed by atoms with Crippen molar-refractivity contribution in [3.8, 4) is 0 Å². The molecule has 0 spiro atoms. The molecule has 4 aliphatic rings. The number of nitrogens with zero attached hydrogens (tertiary/aromatic N) is 3. The van der Waals surface area contributed by atoms with E-state index in [1.807, 2.05) is 11.7 Å². The Balaban J connectivity index is 1.60. The lowest BCUT2D eigenvalue weighted by molar-refractivity contribution is -0.117. The van der Waals surface area contributed by atoms with E-state index >= 15 is 0 Å². The summed E-state index contributed by atoms with van der Waals surface area (Å²) < 4.78 is 1.82. The number of hydrogen-bond acceptors (Lipinski definition) is 3. The minimum atomic E-state index is 0.505. The van der Waals surface area contributed by atoms with Gasteiger partial charge in [0.05, 0.1) is 5.69 Å². The molecule has 3 unspecified atom stereocenters. The normalized spacial score (nSPS) is 42.4. The fourth-order valence-electron chi connectivity index (χ4n) is 6.53. The standard InChI is InChI=1S/C17H28N4/c1-16-6-12-4-13(7-16)9-17(8-12,11-16)15(18-2)5-14-10-21(3)20-19-14/h10,12-13,15,18H,4-9,11H2,1-3H3. The lowest BCUT2D eigenvalue weighted by Crippen LogP contribution is -2.58. The van der Waals surface area contributed by atoms with E-state index in [0.29, 0.717) is 16.9 Å². The third-order valence-electron chi connectivity index (χ3n) is 6.55. The molecule has 4 bridgehead atoms. The monoisotopic (exact) mass is 288 g/mol. The highest BCUT2D eigenvalue weighted by molar-refractivity contribution is 5.12. The Morgan fingerprint density at radius 2 is 2.05 bits per heavy atom. The second-order valence-electron chi connectivity index (χ2n) is 8.56. The van der Waals surface area contributed by atoms with E-state index in [1.54, 1.807) is 0 Å². The first-order valence-electron chi connectivity index (χ1n) is 8.53. The summed E-state index contributed by atoms with van der Waals surface area (Å²) >= 11 is 0. The Bertz CT molecular complexity index is 521. The number of rotatable bonds is 4. The summed E-state index contributed by atoms with van der Waals surface area (Å²) in [6, 6.07) is 0.555. The molecule has 21 heavy (non-hydrogen) atoms. The first kappa shape index (κ1) is 13.7. The Hall–Kier alpha value is -0.900. The maximum atomic E-state index is 4.32. The zero-order chi connectivity index (χ0) is 14.7. The summed E-state index contributed by atoms with van der Waals surface area (Å²) in [7, 11) is 4.10. The fourth-order valence-corrected chi connectivity index (χ4v) is 6.53. The molecule has 4 aliphatic carbocycles. The molecule has 5 rings (SSSR count). The van der Waals surface area contributed by atoms with Gasteiger partial charge in [-0.25, -0.2) is 0 Å². The maximum absolute atomic E-state index is 4.32. The van der Waals surface area contributed by atoms with Gasteiger partial charge in [0.1, 0.15) is 0 Å². The van der Waals surface area contributed by atoms with Crippen LogP contribution in [0.4, 0.5) is 0 Å². The van der Waals surface area contributed by atoms with Crippen molar-refractivity contribution in [2.24, 2.45) is 29.7 Å². The van der Waals surface area contributed by atoms with Gasteiger partial charge in [-0.1, -0.05) is 12.1 Å². The molecule has 4 nitrogen and oxygen atoms in total. The molecular weight excluding hydrogens is 260 g/mol. The van der Waals surface area contributed by atoms with Gasteiger partial charge in [-0.15, -0.1) is 5.10 Å². The third kappa shape index (κ3) is 2.23. The number of aromatic nitrogens is 3. The number of hydrogen-bond donors (Lipinski definition) is 1. The highest BCUT2D eigenvalue weighted by Crippen LogP contribution is 2.66. The predicted octanol–water partition coefficient (Wildman–Crippen LogP) is 2.55. The van der Waals surface area contributed by atoms with Crippen LogP contribution in [0.5, 0.6) is 0 Å². The Morgan fingerprint density at radius 1 is 1.33 bits per heavy atom. The molecule has 1 heterocycles. The molecule has 3 atom stereocenters. The van der Waals surface area contributed by atoms with Crippen LogP contribution in [0.3, 0.4) is 0 Å². The summed E-state index contributed by atoms with van der Waals surface area (Å²) in [6.45, 7) is 2.55. The van der Waals surface area contributed by atoms with Crippen molar-refractivity contribution in [2.75, 3.05) is 7.05 Å². The van der Waals surface area contributed by atoms with Crippen molar-refractivity contribution in [3.05, 3.63) is 11.9 Å². The van der Waals surface area contributed by atoms with E-state index in [2.05, 4.69) is 35.8 Å². The molecule has 116 valence electrons. The third-order valence-corrected chi connectivity index (χ3v) is 6.55. The van der Waals surface area contributed by atoms with Crippen molar-refractivity contribution in [2.45, 2.75) is 57.9 Å². The van der Waals surface area contributed by atoms with Crippen LogP contribution in [0.25, 0.3) is 0 Å². The zero-order valence-corrected chi connectivity index (χ0v) is 13.6. The largest absolute Gasteiger partial charge is 0.316 e. The number of nitrogens with one attached hydrogen (secondary N) is 1. The molecule has 4 heteroatoms. The van der Waals surface area contributed by atoms with Crippen molar-refractivity contribution < 1.29 is 0 Å². The second kappa shape index (κ2) is 4.55. The van der Waals surface area contributed by atoms with Crippen LogP contribution in [0, 0.1) is 22.7 Å². The molecule has 0 amide bonds. The van der Waals surface area contributed by atoms with E-state index in [9.17, 15) is 0 Å². The predicted molar refractivity (Wildman–Crippen MR) is 82.8 cm³/mol. The van der Waals surface area contributed by atoms with Crippen LogP contribution in [0.2, 0.25) is 0 Å². The van der Waals surface area contributed by atoms with Crippen molar-refractivity contribution in [1.29, 1.82) is 0 Å². The first-order valence-corrected chi connectivity index (χ1v) is 8.53. The van der Waals surface area contributed by atoms with Crippen LogP contribution in [-0.2, 0) is 13.5 Å². The quantitative estimate of drug-likeness (QED) is 0.926. The minimum Gasteiger partial charge on any atom is -0.316 e. The van der Waals surface area contributed by atoms with Crippen molar-refractivity contribution >= 4 is 0 Å². The van der Waals surface area contributed by atoms with E-state index in [1.165, 1.54) is 38.5 Å². The van der Waals surface area contributed by atoms with Gasteiger partial charge in [0.15, 0.2) is 0 Å². The van der Waals surface area contributed by atoms with Crippen LogP contribution in [-0.4, -0.2) is 28.1 Å². The van der Waals surface area contributed by atoms with E-state index < -0.39 is 0 Å². The molecule has 0 aromatic carbocycles. The first-order chi connectivity index (χ1) is 10.0. The van der Waals surface area contributed by atoms with Gasteiger partial charge < -0.3 is 5.32 Å². The molecule has 0 aliphatic heterocycles. The molecule has 0 saturated heterocycles. The van der Waals surface area contributed by atoms with Crippen LogP contribution in [0.1, 0.15) is 51.1 Å². The molecule has 4 fully saturated rings. The number of likely N-dealkylation sites (N-methyl/N-ethyl adjacent to an activating group) is 1. The Kier molecular flexibility index (Phi) is 2.97. The van der Waals surface area contributed by atoms with Gasteiger partial charge in [0.2, 0.25) is 0 Å². The Morgan fingerprint density at radius 3 is 2.57 bits per heavy atom. The van der Waals surface area contributed by atoms with Crippen LogP contribution < -0.4 is 5.32 Å². The van der Waals surface area contributed by atoms with Gasteiger partial charge in [-0.2, -0.15) is 0 Å². The van der Waals surface area contributed by atoms with Crippen molar-refractivity contribution in [1.82, 2.24) is 20.3 Å². The maximum Gasteiger partial charge on any atom is 0.0842 e. The van der Waals surface area contributed by atoms with Gasteiger partial charge in [0.25, 0.3) is 0 Å². The summed E-state index contributed by atoms with van der Waals surface area (Å²) in [4.78, 5) is 0. The molecule has 1 N–H and O–H groups in total. The lowest BCUT2D eigenvalue weighted by Gasteiger charge is -2.63. The molecule has 1 aromatic heterocycles. The average molecular weight is 288 g/mol. The lowest BCUT2D eigenvalue weighted by atomic mass is 9.43. The Labute approximate surface area is 127 Å². The van der Waals surface area contributed by atoms with Crippen LogP contribution in [0.15, 0.2) is 6.20 Å². The summed E-state index contributed by atoms with van der Waals surface area (Å²) in [5, 5.41) is 12.1. The highest BCUT2D eigenvalue weighted by atomic mass is 15.4. The molecular formula is C17H28N4. The summed E-state index contributed by atoms with van der Waals surface area (Å²) in [5.41, 5.74) is 2.25. The minimum absolute atomic E-state index is 0.505. The molecule has 4 saturated carbocycles. The summed E-state index contributed by atoms with van der Waals surface area (Å²) in [6.07, 6.45) is 11.8. The summed E-state index contributed by atoms with van der Waals surface area (Å²) in [5.74, 6) is 1.96. The fraction of sp³-hybridized carbons (Fsp3) is 0.882. The molecule has 1 aromatic rings. The number of aryl methyl sites for hydroxylation is 1. The second-order valence-corrected chi connectivity index (χ2v) is 8.56. The van der Waals surface area contributed by atoms with Crippen molar-refractivity contribution in [3.63, 3.8) is 0 Å². The average Bonchev–Trinajstić information content (AvgIpc) is 2.78. The van der Waals surface area contributed by atoms with Gasteiger partial charge in [-0.05, 0) is 68.2 Å². The topological polar surface area (TPSA) is 42.7 Å². The SMILES string of the molecule is CNC(Cc1cn(C)nn1)C12CC3CC(CC(C)(C3)C1)C2. The van der Waals surface area contributed by atoms with E-state index in [-0.39, 0.29) is 0 Å². The van der Waals surface area contributed by atoms with Gasteiger partial charge >= 0.3 is 0 Å².